The number of nitrogens with zero attached hydrogens (tertiary/aromatic N) is 2. The Labute approximate surface area is 455 Å². The summed E-state index contributed by atoms with van der Waals surface area (Å²) < 4.78 is 0. The Bertz CT molecular complexity index is 1520. The normalized spacial score (nSPS) is 12.0. The van der Waals surface area contributed by atoms with Crippen LogP contribution in [0.25, 0.3) is 0 Å². The van der Waals surface area contributed by atoms with E-state index in [1.807, 2.05) is 0 Å². The Morgan fingerprint density at radius 1 is 0.254 bits per heavy atom. The average molecular weight is 1020 g/mol. The molecule has 2 rings (SSSR count). The third-order valence-electron chi connectivity index (χ3n) is 15.8. The van der Waals surface area contributed by atoms with Crippen LogP contribution in [0.2, 0.25) is 0 Å². The standard InChI is InChI=1S/C68H120N2.Ni/c1-7-13-15-17-19-21-23-25-27-29-31-32-33-34-35-36-38-40-42-44-46-48-50-52-54-68(70-66-58-56-62(10-4)64(12-6)60-66)67(69-65-57-55-61(9-3)63(11-5)59-65)53-51-49-47-45-43-41-39-37-30-28-26-24-22-20-18-16-14-8-2;/h55-60H,7-54H2,1-6H3;/b69-67+,70-68+;. The van der Waals surface area contributed by atoms with Crippen molar-refractivity contribution in [2.24, 2.45) is 9.98 Å². The second-order valence-electron chi connectivity index (χ2n) is 22.1. The number of rotatable bonds is 51. The second kappa shape index (κ2) is 50.4. The van der Waals surface area contributed by atoms with Crippen LogP contribution >= 0.6 is 0 Å². The molecule has 0 heterocycles. The van der Waals surface area contributed by atoms with Crippen molar-refractivity contribution in [3.63, 3.8) is 0 Å². The number of hydrogen-bond donors (Lipinski definition) is 0. The Morgan fingerprint density at radius 2 is 0.451 bits per heavy atom. The molecule has 0 radical (unpaired) electrons. The molecule has 0 amide bonds. The quantitative estimate of drug-likeness (QED) is 0.0358. The van der Waals surface area contributed by atoms with E-state index in [1.54, 1.807) is 0 Å². The van der Waals surface area contributed by atoms with Crippen LogP contribution in [-0.2, 0) is 42.2 Å². The fourth-order valence-corrected chi connectivity index (χ4v) is 11.0. The van der Waals surface area contributed by atoms with Crippen LogP contribution in [0.4, 0.5) is 11.4 Å². The van der Waals surface area contributed by atoms with E-state index in [4.69, 9.17) is 9.98 Å². The third-order valence-corrected chi connectivity index (χ3v) is 15.8. The number of aryl methyl sites for hydroxylation is 4. The van der Waals surface area contributed by atoms with E-state index in [1.165, 1.54) is 303 Å². The van der Waals surface area contributed by atoms with Crippen LogP contribution in [0.15, 0.2) is 46.4 Å². The molecule has 0 fully saturated rings. The van der Waals surface area contributed by atoms with Gasteiger partial charge in [-0.25, -0.2) is 0 Å². The maximum absolute atomic E-state index is 5.53. The summed E-state index contributed by atoms with van der Waals surface area (Å²) in [7, 11) is 0. The molecule has 2 nitrogen and oxygen atoms in total. The topological polar surface area (TPSA) is 24.7 Å². The van der Waals surface area contributed by atoms with E-state index in [9.17, 15) is 0 Å². The van der Waals surface area contributed by atoms with Crippen LogP contribution < -0.4 is 0 Å². The molecule has 0 spiro atoms. The number of hydrogen-bond acceptors (Lipinski definition) is 2. The van der Waals surface area contributed by atoms with Gasteiger partial charge in [-0.3, -0.25) is 9.98 Å². The van der Waals surface area contributed by atoms with Gasteiger partial charge >= 0.3 is 0 Å². The molecule has 0 saturated carbocycles. The zero-order valence-corrected chi connectivity index (χ0v) is 49.6. The average Bonchev–Trinajstić information content (AvgIpc) is 3.38. The van der Waals surface area contributed by atoms with Gasteiger partial charge in [0.05, 0.1) is 22.8 Å². The molecule has 0 unspecified atom stereocenters. The summed E-state index contributed by atoms with van der Waals surface area (Å²) in [5.41, 5.74) is 10.5. The maximum Gasteiger partial charge on any atom is 0.0636 e. The van der Waals surface area contributed by atoms with Crippen molar-refractivity contribution in [3.8, 4) is 0 Å². The van der Waals surface area contributed by atoms with E-state index >= 15 is 0 Å². The Morgan fingerprint density at radius 3 is 0.648 bits per heavy atom. The van der Waals surface area contributed by atoms with E-state index in [2.05, 4.69) is 77.9 Å². The number of aliphatic imine (C=N–C) groups is 2. The zero-order valence-electron chi connectivity index (χ0n) is 48.6. The van der Waals surface area contributed by atoms with Crippen molar-refractivity contribution >= 4 is 22.8 Å². The van der Waals surface area contributed by atoms with Crippen molar-refractivity contribution in [2.75, 3.05) is 0 Å². The fourth-order valence-electron chi connectivity index (χ4n) is 11.0. The van der Waals surface area contributed by atoms with Crippen molar-refractivity contribution in [1.29, 1.82) is 0 Å². The first-order chi connectivity index (χ1) is 34.6. The van der Waals surface area contributed by atoms with E-state index in [0.717, 1.165) is 49.9 Å². The van der Waals surface area contributed by atoms with Gasteiger partial charge in [-0.05, 0) is 97.9 Å². The largest absolute Gasteiger partial charge is 0.252 e. The van der Waals surface area contributed by atoms with Crippen LogP contribution in [0.3, 0.4) is 0 Å². The summed E-state index contributed by atoms with van der Waals surface area (Å²) in [4.78, 5) is 11.1. The van der Waals surface area contributed by atoms with E-state index < -0.39 is 0 Å². The summed E-state index contributed by atoms with van der Waals surface area (Å²) >= 11 is 0. The molecule has 3 heteroatoms. The first kappa shape index (κ1) is 67.3. The summed E-state index contributed by atoms with van der Waals surface area (Å²) in [5.74, 6) is 0. The van der Waals surface area contributed by atoms with Crippen molar-refractivity contribution in [2.45, 2.75) is 350 Å². The molecule has 0 aliphatic carbocycles. The summed E-state index contributed by atoms with van der Waals surface area (Å²) in [6.07, 6.45) is 66.0. The van der Waals surface area contributed by atoms with Crippen molar-refractivity contribution < 1.29 is 16.5 Å². The Balaban J connectivity index is 0.0000252. The molecule has 2 aromatic carbocycles. The molecule has 71 heavy (non-hydrogen) atoms. The van der Waals surface area contributed by atoms with Gasteiger partial charge in [-0.15, -0.1) is 0 Å². The van der Waals surface area contributed by atoms with Crippen molar-refractivity contribution in [3.05, 3.63) is 58.7 Å². The van der Waals surface area contributed by atoms with Gasteiger partial charge in [-0.1, -0.05) is 311 Å². The summed E-state index contributed by atoms with van der Waals surface area (Å²) in [6, 6.07) is 14.0. The third kappa shape index (κ3) is 36.8. The van der Waals surface area contributed by atoms with Gasteiger partial charge in [0.2, 0.25) is 0 Å². The van der Waals surface area contributed by atoms with Gasteiger partial charge in [0.25, 0.3) is 0 Å². The minimum absolute atomic E-state index is 0. The van der Waals surface area contributed by atoms with Gasteiger partial charge in [0.1, 0.15) is 0 Å². The van der Waals surface area contributed by atoms with Crippen molar-refractivity contribution in [1.82, 2.24) is 0 Å². The first-order valence-corrected chi connectivity index (χ1v) is 32.0. The predicted molar refractivity (Wildman–Crippen MR) is 319 cm³/mol. The molecule has 0 saturated heterocycles. The minimum Gasteiger partial charge on any atom is -0.252 e. The zero-order chi connectivity index (χ0) is 50.2. The molecule has 0 aliphatic heterocycles. The van der Waals surface area contributed by atoms with E-state index in [0.29, 0.717) is 0 Å². The fraction of sp³-hybridized carbons (Fsp3) is 0.794. The van der Waals surface area contributed by atoms with Gasteiger partial charge in [-0.2, -0.15) is 0 Å². The molecule has 0 atom stereocenters. The summed E-state index contributed by atoms with van der Waals surface area (Å²) in [5, 5.41) is 0. The minimum atomic E-state index is 0. The molecule has 0 aliphatic rings. The monoisotopic (exact) mass is 1020 g/mol. The molecule has 0 bridgehead atoms. The predicted octanol–water partition coefficient (Wildman–Crippen LogP) is 24.0. The first-order valence-electron chi connectivity index (χ1n) is 32.0. The smallest absolute Gasteiger partial charge is 0.0636 e. The maximum atomic E-state index is 5.53. The van der Waals surface area contributed by atoms with Gasteiger partial charge < -0.3 is 0 Å². The van der Waals surface area contributed by atoms with Crippen LogP contribution in [0, 0.1) is 0 Å². The van der Waals surface area contributed by atoms with Gasteiger partial charge in [0.15, 0.2) is 0 Å². The second-order valence-corrected chi connectivity index (χ2v) is 22.1. The number of unbranched alkanes of at least 4 members (excludes halogenated alkanes) is 40. The molecule has 0 aromatic heterocycles. The molecule has 0 N–H and O–H groups in total. The van der Waals surface area contributed by atoms with Gasteiger partial charge in [0, 0.05) is 16.5 Å². The SMILES string of the molecule is CCCCCCCCCCCCCCCCCCCCCCCCCCC(=N\c1ccc(CC)c(CC)c1)/C(CCCCCCCCCCCCCCCCCCCC)=N/c1ccc(CC)c(CC)c1.[Ni]. The molecule has 412 valence electrons. The Hall–Kier alpha value is -1.73. The molecular formula is C68H120N2Ni. The van der Waals surface area contributed by atoms with Crippen LogP contribution in [-0.4, -0.2) is 11.4 Å². The van der Waals surface area contributed by atoms with Crippen LogP contribution in [0.5, 0.6) is 0 Å². The van der Waals surface area contributed by atoms with Crippen LogP contribution in [0.1, 0.15) is 346 Å². The molecule has 2 aromatic rings. The number of benzene rings is 2. The Kier molecular flexibility index (Phi) is 47.8. The van der Waals surface area contributed by atoms with E-state index in [-0.39, 0.29) is 16.5 Å². The molecular weight excluding hydrogens is 903 g/mol. The summed E-state index contributed by atoms with van der Waals surface area (Å²) in [6.45, 7) is 13.8.